The van der Waals surface area contributed by atoms with E-state index >= 15 is 0 Å². The molecule has 0 bridgehead atoms. The molecule has 0 amide bonds. The maximum Gasteiger partial charge on any atom is 0.116 e. The normalized spacial score (nSPS) is 12.5. The second-order valence-electron chi connectivity index (χ2n) is 7.69. The van der Waals surface area contributed by atoms with Crippen LogP contribution in [-0.4, -0.2) is 8.92 Å². The Balaban J connectivity index is -0.000000331. The van der Waals surface area contributed by atoms with E-state index in [9.17, 15) is 5.11 Å². The molecular formula is C22H35Cl2OTi. The molecule has 1 aliphatic rings. The Morgan fingerprint density at radius 1 is 1.00 bits per heavy atom. The van der Waals surface area contributed by atoms with Crippen molar-refractivity contribution in [2.75, 3.05) is 0 Å². The van der Waals surface area contributed by atoms with Crippen LogP contribution in [0.1, 0.15) is 72.9 Å². The third-order valence-electron chi connectivity index (χ3n) is 3.75. The van der Waals surface area contributed by atoms with Crippen LogP contribution in [-0.2, 0) is 25.4 Å². The molecule has 1 aromatic rings. The van der Waals surface area contributed by atoms with Crippen molar-refractivity contribution in [1.29, 1.82) is 0 Å². The minimum Gasteiger partial charge on any atom is -0.508 e. The Hall–Kier alpha value is -0.336. The topological polar surface area (TPSA) is 20.2 Å². The van der Waals surface area contributed by atoms with Gasteiger partial charge in [0, 0.05) is 0 Å². The van der Waals surface area contributed by atoms with Gasteiger partial charge in [-0.05, 0) is 35.6 Å². The number of phenols is 1. The summed E-state index contributed by atoms with van der Waals surface area (Å²) in [5, 5.41) is 9.36. The molecule has 147 valence electrons. The van der Waals surface area contributed by atoms with Crippen LogP contribution in [0.25, 0.3) is 0 Å². The quantitative estimate of drug-likeness (QED) is 0.342. The minimum atomic E-state index is 0. The number of hydrogen-bond donors (Lipinski definition) is 1. The zero-order valence-electron chi connectivity index (χ0n) is 17.7. The molecule has 0 aliphatic heterocycles. The Morgan fingerprint density at radius 3 is 1.69 bits per heavy atom. The fraction of sp³-hybridized carbons (Fsp3) is 0.500. The van der Waals surface area contributed by atoms with Crippen LogP contribution in [0.2, 0.25) is 0 Å². The second-order valence-corrected chi connectivity index (χ2v) is 9.25. The zero-order valence-corrected chi connectivity index (χ0v) is 20.9. The van der Waals surface area contributed by atoms with E-state index in [2.05, 4.69) is 87.5 Å². The number of halogens is 2. The molecule has 0 fully saturated rings. The molecule has 0 aromatic heterocycles. The molecule has 0 saturated heterocycles. The van der Waals surface area contributed by atoms with E-state index in [0.29, 0.717) is 5.75 Å². The largest absolute Gasteiger partial charge is 0.508 e. The number of allylic oxidation sites excluding steroid dienone is 4. The fourth-order valence-electron chi connectivity index (χ4n) is 2.05. The first-order valence-corrected chi connectivity index (χ1v) is 9.19. The van der Waals surface area contributed by atoms with Gasteiger partial charge >= 0.3 is 37.6 Å². The molecule has 0 heterocycles. The van der Waals surface area contributed by atoms with Gasteiger partial charge in [-0.3, -0.25) is 6.08 Å². The van der Waals surface area contributed by atoms with Gasteiger partial charge in [-0.25, -0.2) is 5.57 Å². The van der Waals surface area contributed by atoms with Crippen molar-refractivity contribution < 1.29 is 25.1 Å². The van der Waals surface area contributed by atoms with Crippen LogP contribution in [0.5, 0.6) is 5.75 Å². The first-order valence-electron chi connectivity index (χ1n) is 8.41. The molecule has 1 N–H and O–H groups in total. The van der Waals surface area contributed by atoms with Crippen molar-refractivity contribution in [1.82, 2.24) is 0 Å². The SMILES string of the molecule is CC1=[C-]CC(C)=C1C.C[C](C)=[Ti+].Cc1cc(O)cc(C(C)(C)C)c1.Cl.Cl. The zero-order chi connectivity index (χ0) is 19.1. The summed E-state index contributed by atoms with van der Waals surface area (Å²) < 4.78 is 1.42. The number of benzene rings is 1. The van der Waals surface area contributed by atoms with Gasteiger partial charge in [0.05, 0.1) is 0 Å². The maximum atomic E-state index is 9.36. The summed E-state index contributed by atoms with van der Waals surface area (Å²) in [5.74, 6) is 0.361. The Labute approximate surface area is 185 Å². The van der Waals surface area contributed by atoms with Gasteiger partial charge in [0.1, 0.15) is 5.75 Å². The molecule has 4 heteroatoms. The van der Waals surface area contributed by atoms with Crippen LogP contribution >= 0.6 is 24.8 Å². The van der Waals surface area contributed by atoms with Gasteiger partial charge in [-0.2, -0.15) is 11.1 Å². The van der Waals surface area contributed by atoms with Crippen LogP contribution in [0.15, 0.2) is 34.9 Å². The van der Waals surface area contributed by atoms with Gasteiger partial charge in [0.25, 0.3) is 0 Å². The third-order valence-corrected chi connectivity index (χ3v) is 3.75. The molecule has 2 rings (SSSR count). The van der Waals surface area contributed by atoms with Gasteiger partial charge in [-0.15, -0.1) is 38.2 Å². The van der Waals surface area contributed by atoms with E-state index in [0.717, 1.165) is 12.0 Å². The second kappa shape index (κ2) is 13.8. The van der Waals surface area contributed by atoms with E-state index in [4.69, 9.17) is 0 Å². The van der Waals surface area contributed by atoms with Crippen molar-refractivity contribution in [2.24, 2.45) is 0 Å². The van der Waals surface area contributed by atoms with Crippen molar-refractivity contribution >= 4 is 28.6 Å². The summed E-state index contributed by atoms with van der Waals surface area (Å²) in [6.07, 6.45) is 4.31. The van der Waals surface area contributed by atoms with Crippen molar-refractivity contribution in [3.8, 4) is 5.75 Å². The van der Waals surface area contributed by atoms with Crippen LogP contribution in [0.4, 0.5) is 0 Å². The van der Waals surface area contributed by atoms with Gasteiger partial charge in [0.2, 0.25) is 0 Å². The van der Waals surface area contributed by atoms with Crippen LogP contribution in [0, 0.1) is 13.0 Å². The molecule has 0 radical (unpaired) electrons. The summed E-state index contributed by atoms with van der Waals surface area (Å²) in [5.41, 5.74) is 6.65. The summed E-state index contributed by atoms with van der Waals surface area (Å²) in [7, 11) is 0. The number of hydrogen-bond acceptors (Lipinski definition) is 1. The standard InChI is InChI=1S/C11H16O.C8H11.C3H6.2ClH.Ti/c1-8-5-9(11(2,3)4)7-10(12)6-8;1-6-4-5-7(2)8(6)3;1-3-2;;;/h5-7,12H,1-4H3;4H2,1-3H3;1-2H3;2*1H;/q;-1;;;;+1. The molecule has 1 aliphatic carbocycles. The molecular weight excluding hydrogens is 399 g/mol. The predicted molar refractivity (Wildman–Crippen MR) is 118 cm³/mol. The number of aromatic hydroxyl groups is 1. The average molecular weight is 434 g/mol. The number of phenolic OH excluding ortho intramolecular Hbond substituents is 1. The average Bonchev–Trinajstić information content (AvgIpc) is 2.68. The molecule has 0 spiro atoms. The van der Waals surface area contributed by atoms with Crippen LogP contribution < -0.4 is 0 Å². The summed E-state index contributed by atoms with van der Waals surface area (Å²) in [6.45, 7) is 19.0. The monoisotopic (exact) mass is 433 g/mol. The van der Waals surface area contributed by atoms with Gasteiger partial charge < -0.3 is 5.11 Å². The minimum absolute atomic E-state index is 0. The molecule has 1 aromatic carbocycles. The Kier molecular flexibility index (Phi) is 16.1. The molecule has 0 saturated carbocycles. The summed E-state index contributed by atoms with van der Waals surface area (Å²) >= 11 is 2.08. The van der Waals surface area contributed by atoms with E-state index in [1.807, 2.05) is 13.0 Å². The van der Waals surface area contributed by atoms with Gasteiger partial charge in [0.15, 0.2) is 0 Å². The van der Waals surface area contributed by atoms with E-state index in [-0.39, 0.29) is 30.2 Å². The smallest absolute Gasteiger partial charge is 0.116 e. The summed E-state index contributed by atoms with van der Waals surface area (Å²) in [4.78, 5) is 0. The van der Waals surface area contributed by atoms with Crippen molar-refractivity contribution in [2.45, 2.75) is 74.1 Å². The molecule has 0 atom stereocenters. The predicted octanol–water partition coefficient (Wildman–Crippen LogP) is 7.06. The van der Waals surface area contributed by atoms with Gasteiger partial charge in [-0.1, -0.05) is 40.7 Å². The molecule has 0 unspecified atom stereocenters. The van der Waals surface area contributed by atoms with E-state index in [1.54, 1.807) is 6.07 Å². The van der Waals surface area contributed by atoms with Crippen molar-refractivity contribution in [3.05, 3.63) is 52.1 Å². The summed E-state index contributed by atoms with van der Waals surface area (Å²) in [6, 6.07) is 5.71. The van der Waals surface area contributed by atoms with Crippen molar-refractivity contribution in [3.63, 3.8) is 0 Å². The molecule has 26 heavy (non-hydrogen) atoms. The Morgan fingerprint density at radius 2 is 1.46 bits per heavy atom. The van der Waals surface area contributed by atoms with Crippen LogP contribution in [0.3, 0.4) is 0 Å². The number of rotatable bonds is 0. The first kappa shape index (κ1) is 30.4. The van der Waals surface area contributed by atoms with E-state index < -0.39 is 0 Å². The Bertz CT molecular complexity index is 608. The third kappa shape index (κ3) is 12.9. The van der Waals surface area contributed by atoms with E-state index in [1.165, 1.54) is 26.1 Å². The first-order chi connectivity index (χ1) is 10.8. The fourth-order valence-corrected chi connectivity index (χ4v) is 2.05. The number of aryl methyl sites for hydroxylation is 1. The molecule has 1 nitrogen and oxygen atoms in total. The maximum absolute atomic E-state index is 9.36.